The summed E-state index contributed by atoms with van der Waals surface area (Å²) >= 11 is 0. The van der Waals surface area contributed by atoms with E-state index < -0.39 is 5.60 Å². The van der Waals surface area contributed by atoms with Gasteiger partial charge in [-0.2, -0.15) is 0 Å². The summed E-state index contributed by atoms with van der Waals surface area (Å²) in [5, 5.41) is 12.9. The van der Waals surface area contributed by atoms with Gasteiger partial charge in [0.2, 0.25) is 0 Å². The molecule has 0 aromatic carbocycles. The van der Waals surface area contributed by atoms with E-state index in [0.717, 1.165) is 32.5 Å². The molecule has 3 nitrogen and oxygen atoms in total. The van der Waals surface area contributed by atoms with Gasteiger partial charge in [-0.25, -0.2) is 0 Å². The fourth-order valence-corrected chi connectivity index (χ4v) is 1.73. The van der Waals surface area contributed by atoms with E-state index in [2.05, 4.69) is 12.2 Å². The second-order valence-corrected chi connectivity index (χ2v) is 4.89. The summed E-state index contributed by atoms with van der Waals surface area (Å²) in [5.41, 5.74) is -0.551. The highest BCUT2D eigenvalue weighted by molar-refractivity contribution is 4.75. The van der Waals surface area contributed by atoms with Gasteiger partial charge >= 0.3 is 0 Å². The average Bonchev–Trinajstić information content (AvgIpc) is 2.44. The van der Waals surface area contributed by atoms with Crippen LogP contribution in [-0.2, 0) is 4.74 Å². The predicted octanol–water partition coefficient (Wildman–Crippen LogP) is 1.16. The summed E-state index contributed by atoms with van der Waals surface area (Å²) in [6, 6.07) is 0. The van der Waals surface area contributed by atoms with Crippen molar-refractivity contribution in [2.24, 2.45) is 5.92 Å². The lowest BCUT2D eigenvalue weighted by atomic mass is 10.0. The number of aliphatic hydroxyl groups is 1. The standard InChI is InChI=1S/C11H23NO2/c1-9-10(4-7-14-9)8-12-6-5-11(2,3)13/h9-10,12-13H,4-8H2,1-3H3. The molecule has 0 spiro atoms. The van der Waals surface area contributed by atoms with Gasteiger partial charge in [0.15, 0.2) is 0 Å². The Labute approximate surface area is 86.8 Å². The lowest BCUT2D eigenvalue weighted by Crippen LogP contribution is -2.31. The van der Waals surface area contributed by atoms with Gasteiger partial charge < -0.3 is 15.2 Å². The molecular weight excluding hydrogens is 178 g/mol. The van der Waals surface area contributed by atoms with E-state index in [1.165, 1.54) is 0 Å². The lowest BCUT2D eigenvalue weighted by Gasteiger charge is -2.19. The van der Waals surface area contributed by atoms with E-state index in [1.807, 2.05) is 13.8 Å². The minimum atomic E-state index is -0.551. The van der Waals surface area contributed by atoms with E-state index in [1.54, 1.807) is 0 Å². The summed E-state index contributed by atoms with van der Waals surface area (Å²) in [4.78, 5) is 0. The summed E-state index contributed by atoms with van der Waals surface area (Å²) in [6.45, 7) is 8.62. The van der Waals surface area contributed by atoms with Gasteiger partial charge in [0, 0.05) is 13.2 Å². The van der Waals surface area contributed by atoms with E-state index in [0.29, 0.717) is 12.0 Å². The largest absolute Gasteiger partial charge is 0.390 e. The van der Waals surface area contributed by atoms with Crippen LogP contribution in [0.5, 0.6) is 0 Å². The Hall–Kier alpha value is -0.120. The molecule has 0 aromatic rings. The van der Waals surface area contributed by atoms with Crippen molar-refractivity contribution in [3.63, 3.8) is 0 Å². The highest BCUT2D eigenvalue weighted by atomic mass is 16.5. The van der Waals surface area contributed by atoms with Gasteiger partial charge in [0.1, 0.15) is 0 Å². The molecule has 1 aliphatic rings. The maximum absolute atomic E-state index is 9.50. The van der Waals surface area contributed by atoms with Crippen LogP contribution in [0.25, 0.3) is 0 Å². The summed E-state index contributed by atoms with van der Waals surface area (Å²) in [5.74, 6) is 0.650. The fraction of sp³-hybridized carbons (Fsp3) is 1.00. The third-order valence-corrected chi connectivity index (χ3v) is 2.85. The zero-order valence-electron chi connectivity index (χ0n) is 9.55. The Bertz CT molecular complexity index is 165. The van der Waals surface area contributed by atoms with Gasteiger partial charge in [-0.3, -0.25) is 0 Å². The molecule has 1 aliphatic heterocycles. The first-order valence-electron chi connectivity index (χ1n) is 5.54. The second-order valence-electron chi connectivity index (χ2n) is 4.89. The molecule has 0 saturated carbocycles. The van der Waals surface area contributed by atoms with Crippen LogP contribution in [-0.4, -0.2) is 36.5 Å². The normalized spacial score (nSPS) is 28.3. The summed E-state index contributed by atoms with van der Waals surface area (Å²) in [6.07, 6.45) is 2.36. The monoisotopic (exact) mass is 201 g/mol. The van der Waals surface area contributed by atoms with Crippen molar-refractivity contribution in [1.29, 1.82) is 0 Å². The van der Waals surface area contributed by atoms with Crippen LogP contribution >= 0.6 is 0 Å². The van der Waals surface area contributed by atoms with Gasteiger partial charge in [0.05, 0.1) is 11.7 Å². The molecule has 0 radical (unpaired) electrons. The molecule has 2 N–H and O–H groups in total. The Morgan fingerprint density at radius 3 is 2.71 bits per heavy atom. The maximum Gasteiger partial charge on any atom is 0.0603 e. The van der Waals surface area contributed by atoms with E-state index in [9.17, 15) is 5.11 Å². The van der Waals surface area contributed by atoms with Crippen molar-refractivity contribution in [3.8, 4) is 0 Å². The molecule has 84 valence electrons. The van der Waals surface area contributed by atoms with E-state index in [-0.39, 0.29) is 0 Å². The minimum Gasteiger partial charge on any atom is -0.390 e. The molecule has 1 heterocycles. The molecule has 1 fully saturated rings. The molecule has 2 unspecified atom stereocenters. The molecular formula is C11H23NO2. The van der Waals surface area contributed by atoms with Crippen molar-refractivity contribution in [2.75, 3.05) is 19.7 Å². The van der Waals surface area contributed by atoms with Crippen LogP contribution in [0.1, 0.15) is 33.6 Å². The van der Waals surface area contributed by atoms with Crippen molar-refractivity contribution in [2.45, 2.75) is 45.3 Å². The molecule has 3 heteroatoms. The number of hydrogen-bond donors (Lipinski definition) is 2. The molecule has 2 atom stereocenters. The van der Waals surface area contributed by atoms with Gasteiger partial charge in [0.25, 0.3) is 0 Å². The van der Waals surface area contributed by atoms with E-state index >= 15 is 0 Å². The van der Waals surface area contributed by atoms with Crippen LogP contribution < -0.4 is 5.32 Å². The molecule has 1 rings (SSSR count). The summed E-state index contributed by atoms with van der Waals surface area (Å²) < 4.78 is 5.47. The van der Waals surface area contributed by atoms with Gasteiger partial charge in [-0.05, 0) is 46.1 Å². The molecule has 0 aliphatic carbocycles. The molecule has 14 heavy (non-hydrogen) atoms. The number of hydrogen-bond acceptors (Lipinski definition) is 3. The third kappa shape index (κ3) is 4.40. The Morgan fingerprint density at radius 1 is 1.50 bits per heavy atom. The number of rotatable bonds is 5. The highest BCUT2D eigenvalue weighted by Gasteiger charge is 2.23. The van der Waals surface area contributed by atoms with E-state index in [4.69, 9.17) is 4.74 Å². The van der Waals surface area contributed by atoms with Gasteiger partial charge in [-0.1, -0.05) is 0 Å². The maximum atomic E-state index is 9.50. The highest BCUT2D eigenvalue weighted by Crippen LogP contribution is 2.19. The topological polar surface area (TPSA) is 41.5 Å². The second kappa shape index (κ2) is 5.10. The Morgan fingerprint density at radius 2 is 2.21 bits per heavy atom. The summed E-state index contributed by atoms with van der Waals surface area (Å²) in [7, 11) is 0. The van der Waals surface area contributed by atoms with Crippen LogP contribution in [0.3, 0.4) is 0 Å². The van der Waals surface area contributed by atoms with Crippen LogP contribution in [0.15, 0.2) is 0 Å². The molecule has 0 bridgehead atoms. The zero-order chi connectivity index (χ0) is 10.6. The van der Waals surface area contributed by atoms with Crippen molar-refractivity contribution in [1.82, 2.24) is 5.32 Å². The first-order valence-corrected chi connectivity index (χ1v) is 5.54. The Balaban J connectivity index is 2.04. The van der Waals surface area contributed by atoms with Crippen molar-refractivity contribution in [3.05, 3.63) is 0 Å². The predicted molar refractivity (Wildman–Crippen MR) is 57.3 cm³/mol. The fourth-order valence-electron chi connectivity index (χ4n) is 1.73. The Kier molecular flexibility index (Phi) is 4.35. The number of nitrogens with one attached hydrogen (secondary N) is 1. The van der Waals surface area contributed by atoms with Crippen molar-refractivity contribution >= 4 is 0 Å². The minimum absolute atomic E-state index is 0.393. The molecule has 0 amide bonds. The smallest absolute Gasteiger partial charge is 0.0603 e. The average molecular weight is 201 g/mol. The quantitative estimate of drug-likeness (QED) is 0.656. The first-order chi connectivity index (χ1) is 6.49. The first kappa shape index (κ1) is 12.0. The van der Waals surface area contributed by atoms with Crippen LogP contribution in [0, 0.1) is 5.92 Å². The lowest BCUT2D eigenvalue weighted by molar-refractivity contribution is 0.0700. The van der Waals surface area contributed by atoms with Crippen LogP contribution in [0.4, 0.5) is 0 Å². The SMILES string of the molecule is CC1OCCC1CNCCC(C)(C)O. The zero-order valence-corrected chi connectivity index (χ0v) is 9.55. The molecule has 1 saturated heterocycles. The van der Waals surface area contributed by atoms with Crippen molar-refractivity contribution < 1.29 is 9.84 Å². The molecule has 0 aromatic heterocycles. The van der Waals surface area contributed by atoms with Crippen LogP contribution in [0.2, 0.25) is 0 Å². The number of ether oxygens (including phenoxy) is 1. The third-order valence-electron chi connectivity index (χ3n) is 2.85. The van der Waals surface area contributed by atoms with Gasteiger partial charge in [-0.15, -0.1) is 0 Å².